The maximum absolute atomic E-state index is 9.94. The van der Waals surface area contributed by atoms with Crippen molar-refractivity contribution in [1.29, 1.82) is 5.26 Å². The average Bonchev–Trinajstić information content (AvgIpc) is 3.60. The summed E-state index contributed by atoms with van der Waals surface area (Å²) in [6.45, 7) is 0. The van der Waals surface area contributed by atoms with Gasteiger partial charge >= 0.3 is 0 Å². The van der Waals surface area contributed by atoms with Gasteiger partial charge in [-0.05, 0) is 92.7 Å². The topological polar surface area (TPSA) is 54.5 Å². The molecule has 0 saturated heterocycles. The summed E-state index contributed by atoms with van der Waals surface area (Å²) in [4.78, 5) is 10.5. The van der Waals surface area contributed by atoms with Crippen molar-refractivity contribution in [2.45, 2.75) is 0 Å². The molecule has 9 aromatic carbocycles. The van der Waals surface area contributed by atoms with E-state index in [1.54, 1.807) is 0 Å². The third-order valence-electron chi connectivity index (χ3n) is 11.8. The van der Waals surface area contributed by atoms with Gasteiger partial charge in [0, 0.05) is 55.2 Å². The predicted octanol–water partition coefficient (Wildman–Crippen LogP) is 13.7. The van der Waals surface area contributed by atoms with Crippen molar-refractivity contribution < 1.29 is 0 Å². The standard InChI is InChI=1S/C53H30N4/c54-31-32-20-26-46-43(29-32)44-30-35(24-27-47(44)57(46)36-12-2-1-3-13-36)48-37-14-4-6-16-39(37)51(40-17-7-5-15-38(40)48)53-42-25-23-33-21-22-34-11-10-28-55-52(34)49(33)50(42)41-18-8-9-19-45(41)56-53/h1-30H. The van der Waals surface area contributed by atoms with Gasteiger partial charge in [0.1, 0.15) is 0 Å². The highest BCUT2D eigenvalue weighted by molar-refractivity contribution is 6.31. The fourth-order valence-corrected chi connectivity index (χ4v) is 9.38. The van der Waals surface area contributed by atoms with Gasteiger partial charge < -0.3 is 4.57 Å². The summed E-state index contributed by atoms with van der Waals surface area (Å²) in [5.74, 6) is 0. The van der Waals surface area contributed by atoms with Gasteiger partial charge in [-0.25, -0.2) is 4.98 Å². The Morgan fingerprint density at radius 2 is 1.09 bits per heavy atom. The van der Waals surface area contributed by atoms with Crippen molar-refractivity contribution >= 4 is 86.7 Å². The number of rotatable bonds is 3. The molecular weight excluding hydrogens is 693 g/mol. The summed E-state index contributed by atoms with van der Waals surface area (Å²) in [5.41, 5.74) is 10.2. The molecule has 3 aromatic heterocycles. The van der Waals surface area contributed by atoms with Gasteiger partial charge in [0.15, 0.2) is 0 Å². The van der Waals surface area contributed by atoms with E-state index in [1.165, 1.54) is 10.9 Å². The maximum Gasteiger partial charge on any atom is 0.0991 e. The number of para-hydroxylation sites is 2. The number of benzene rings is 9. The van der Waals surface area contributed by atoms with Gasteiger partial charge in [-0.3, -0.25) is 4.98 Å². The van der Waals surface area contributed by atoms with E-state index in [0.717, 1.165) is 104 Å². The summed E-state index contributed by atoms with van der Waals surface area (Å²) in [5, 5.41) is 23.5. The Bertz CT molecular complexity index is 3650. The van der Waals surface area contributed by atoms with Gasteiger partial charge in [0.2, 0.25) is 0 Å². The van der Waals surface area contributed by atoms with Gasteiger partial charge in [-0.2, -0.15) is 5.26 Å². The summed E-state index contributed by atoms with van der Waals surface area (Å²) < 4.78 is 2.30. The van der Waals surface area contributed by atoms with Crippen LogP contribution in [-0.4, -0.2) is 14.5 Å². The zero-order valence-electron chi connectivity index (χ0n) is 30.6. The van der Waals surface area contributed by atoms with E-state index in [9.17, 15) is 5.26 Å². The smallest absolute Gasteiger partial charge is 0.0991 e. The number of nitrogens with zero attached hydrogens (tertiary/aromatic N) is 4. The number of fused-ring (bicyclic) bond motifs is 12. The normalized spacial score (nSPS) is 11.8. The highest BCUT2D eigenvalue weighted by atomic mass is 15.0. The zero-order chi connectivity index (χ0) is 37.6. The molecule has 0 fully saturated rings. The second-order valence-corrected chi connectivity index (χ2v) is 14.8. The SMILES string of the molecule is N#Cc1ccc2c(c1)c1cc(-c3c4ccccc4c(-c4nc5ccccc5c5c4ccc4ccc6cccnc6c45)c4ccccc34)ccc1n2-c1ccccc1. The quantitative estimate of drug-likeness (QED) is 0.135. The lowest BCUT2D eigenvalue weighted by Crippen LogP contribution is -1.96. The van der Waals surface area contributed by atoms with Crippen molar-refractivity contribution in [3.05, 3.63) is 188 Å². The highest BCUT2D eigenvalue weighted by Crippen LogP contribution is 2.48. The van der Waals surface area contributed by atoms with E-state index in [-0.39, 0.29) is 0 Å². The van der Waals surface area contributed by atoms with Crippen LogP contribution < -0.4 is 0 Å². The first kappa shape index (κ1) is 31.5. The number of hydrogen-bond acceptors (Lipinski definition) is 3. The van der Waals surface area contributed by atoms with E-state index in [0.29, 0.717) is 5.56 Å². The van der Waals surface area contributed by atoms with Crippen LogP contribution in [0, 0.1) is 11.3 Å². The minimum absolute atomic E-state index is 0.645. The number of aromatic nitrogens is 3. The Morgan fingerprint density at radius 3 is 1.84 bits per heavy atom. The van der Waals surface area contributed by atoms with E-state index in [2.05, 4.69) is 162 Å². The predicted molar refractivity (Wildman–Crippen MR) is 237 cm³/mol. The number of hydrogen-bond donors (Lipinski definition) is 0. The summed E-state index contributed by atoms with van der Waals surface area (Å²) in [6.07, 6.45) is 1.89. The molecule has 0 unspecified atom stereocenters. The van der Waals surface area contributed by atoms with Crippen LogP contribution in [0.15, 0.2) is 182 Å². The molecule has 3 heterocycles. The molecule has 57 heavy (non-hydrogen) atoms. The Balaban J connectivity index is 1.20. The van der Waals surface area contributed by atoms with Crippen LogP contribution in [0.3, 0.4) is 0 Å². The molecule has 262 valence electrons. The third-order valence-corrected chi connectivity index (χ3v) is 11.8. The fourth-order valence-electron chi connectivity index (χ4n) is 9.38. The lowest BCUT2D eigenvalue weighted by atomic mass is 9.85. The molecule has 0 aliphatic carbocycles. The Hall–Kier alpha value is -7.87. The Labute approximate surface area is 327 Å². The van der Waals surface area contributed by atoms with E-state index in [4.69, 9.17) is 9.97 Å². The summed E-state index contributed by atoms with van der Waals surface area (Å²) in [7, 11) is 0. The van der Waals surface area contributed by atoms with Crippen LogP contribution in [0.1, 0.15) is 5.56 Å². The molecule has 0 aliphatic heterocycles. The fraction of sp³-hybridized carbons (Fsp3) is 0. The molecule has 4 nitrogen and oxygen atoms in total. The summed E-state index contributed by atoms with van der Waals surface area (Å²) >= 11 is 0. The number of nitriles is 1. The minimum Gasteiger partial charge on any atom is -0.309 e. The molecule has 0 radical (unpaired) electrons. The molecule has 0 spiro atoms. The first-order valence-corrected chi connectivity index (χ1v) is 19.2. The van der Waals surface area contributed by atoms with Gasteiger partial charge in [0.25, 0.3) is 0 Å². The largest absolute Gasteiger partial charge is 0.309 e. The van der Waals surface area contributed by atoms with E-state index in [1.807, 2.05) is 30.5 Å². The summed E-state index contributed by atoms with van der Waals surface area (Å²) in [6, 6.07) is 64.7. The highest BCUT2D eigenvalue weighted by Gasteiger charge is 2.22. The van der Waals surface area contributed by atoms with Crippen LogP contribution in [0.5, 0.6) is 0 Å². The molecule has 12 rings (SSSR count). The van der Waals surface area contributed by atoms with Gasteiger partial charge in [-0.1, -0.05) is 121 Å². The van der Waals surface area contributed by atoms with Crippen LogP contribution in [0.2, 0.25) is 0 Å². The third kappa shape index (κ3) is 4.54. The second-order valence-electron chi connectivity index (χ2n) is 14.8. The molecule has 4 heteroatoms. The minimum atomic E-state index is 0.645. The molecule has 12 aromatic rings. The Kier molecular flexibility index (Phi) is 6.66. The average molecular weight is 723 g/mol. The van der Waals surface area contributed by atoms with Crippen molar-refractivity contribution in [3.63, 3.8) is 0 Å². The van der Waals surface area contributed by atoms with Crippen LogP contribution in [-0.2, 0) is 0 Å². The van der Waals surface area contributed by atoms with Crippen molar-refractivity contribution in [2.75, 3.05) is 0 Å². The number of pyridine rings is 2. The lowest BCUT2D eigenvalue weighted by molar-refractivity contribution is 1.18. The van der Waals surface area contributed by atoms with Crippen molar-refractivity contribution in [1.82, 2.24) is 14.5 Å². The van der Waals surface area contributed by atoms with E-state index >= 15 is 0 Å². The molecule has 0 N–H and O–H groups in total. The Morgan fingerprint density at radius 1 is 0.456 bits per heavy atom. The van der Waals surface area contributed by atoms with Gasteiger partial charge in [0.05, 0.1) is 39.4 Å². The van der Waals surface area contributed by atoms with E-state index < -0.39 is 0 Å². The van der Waals surface area contributed by atoms with Gasteiger partial charge in [-0.15, -0.1) is 0 Å². The first-order chi connectivity index (χ1) is 28.2. The first-order valence-electron chi connectivity index (χ1n) is 19.2. The molecule has 0 amide bonds. The monoisotopic (exact) mass is 722 g/mol. The molecule has 0 atom stereocenters. The lowest BCUT2D eigenvalue weighted by Gasteiger charge is -2.19. The van der Waals surface area contributed by atoms with Crippen LogP contribution in [0.25, 0.3) is 115 Å². The second kappa shape index (κ2) is 12.1. The van der Waals surface area contributed by atoms with Crippen molar-refractivity contribution in [3.8, 4) is 34.1 Å². The molecule has 0 saturated carbocycles. The van der Waals surface area contributed by atoms with Crippen LogP contribution in [0.4, 0.5) is 0 Å². The molecular formula is C53H30N4. The molecule has 0 aliphatic rings. The zero-order valence-corrected chi connectivity index (χ0v) is 30.6. The molecule has 0 bridgehead atoms. The maximum atomic E-state index is 9.94. The van der Waals surface area contributed by atoms with Crippen molar-refractivity contribution in [2.24, 2.45) is 0 Å². The van der Waals surface area contributed by atoms with Crippen LogP contribution >= 0.6 is 0 Å².